The molecule has 40 heavy (non-hydrogen) atoms. The van der Waals surface area contributed by atoms with Crippen LogP contribution >= 0.6 is 0 Å². The van der Waals surface area contributed by atoms with E-state index in [4.69, 9.17) is 14.2 Å². The van der Waals surface area contributed by atoms with Crippen LogP contribution in [0.4, 0.5) is 0 Å². The molecule has 3 aromatic carbocycles. The monoisotopic (exact) mass is 543 g/mol. The molecule has 1 N–H and O–H groups in total. The molecule has 1 atom stereocenters. The summed E-state index contributed by atoms with van der Waals surface area (Å²) < 4.78 is 18.2. The van der Waals surface area contributed by atoms with Crippen LogP contribution in [-0.4, -0.2) is 50.6 Å². The minimum atomic E-state index is -0.928. The third kappa shape index (κ3) is 6.01. The minimum absolute atomic E-state index is 0.0958. The number of hydrogen-bond donors (Lipinski definition) is 1. The van der Waals surface area contributed by atoms with Gasteiger partial charge in [0, 0.05) is 12.1 Å². The molecule has 2 heterocycles. The van der Waals surface area contributed by atoms with Gasteiger partial charge in [-0.1, -0.05) is 35.5 Å². The van der Waals surface area contributed by atoms with Crippen molar-refractivity contribution in [1.82, 2.24) is 25.2 Å². The van der Waals surface area contributed by atoms with Gasteiger partial charge in [-0.25, -0.2) is 4.68 Å². The predicted molar refractivity (Wildman–Crippen MR) is 149 cm³/mol. The summed E-state index contributed by atoms with van der Waals surface area (Å²) in [6, 6.07) is 19.3. The highest BCUT2D eigenvalue weighted by Crippen LogP contribution is 2.34. The molecule has 0 aliphatic carbocycles. The van der Waals surface area contributed by atoms with Crippen molar-refractivity contribution >= 4 is 22.8 Å². The molecule has 10 nitrogen and oxygen atoms in total. The zero-order chi connectivity index (χ0) is 28.3. The normalized spacial score (nSPS) is 13.2. The summed E-state index contributed by atoms with van der Waals surface area (Å²) in [4.78, 5) is 29.6. The Morgan fingerprint density at radius 3 is 2.55 bits per heavy atom. The molecule has 10 heteroatoms. The maximum Gasteiger partial charge on any atom is 0.247 e. The van der Waals surface area contributed by atoms with Crippen molar-refractivity contribution in [1.29, 1.82) is 0 Å². The van der Waals surface area contributed by atoms with Gasteiger partial charge in [0.2, 0.25) is 18.6 Å². The van der Waals surface area contributed by atoms with E-state index < -0.39 is 11.6 Å². The molecule has 0 saturated heterocycles. The molecule has 1 aromatic heterocycles. The lowest BCUT2D eigenvalue weighted by Gasteiger charge is -2.34. The number of aromatic nitrogens is 3. The smallest absolute Gasteiger partial charge is 0.247 e. The zero-order valence-corrected chi connectivity index (χ0v) is 23.1. The van der Waals surface area contributed by atoms with Crippen molar-refractivity contribution < 1.29 is 23.8 Å². The summed E-state index contributed by atoms with van der Waals surface area (Å²) in [5, 5.41) is 11.5. The van der Waals surface area contributed by atoms with Gasteiger partial charge in [0.05, 0.1) is 12.1 Å². The van der Waals surface area contributed by atoms with Gasteiger partial charge >= 0.3 is 0 Å². The number of amides is 2. The largest absolute Gasteiger partial charge is 0.494 e. The molecule has 1 unspecified atom stereocenters. The van der Waals surface area contributed by atoms with Gasteiger partial charge in [-0.2, -0.15) is 0 Å². The second kappa shape index (κ2) is 11.3. The maximum atomic E-state index is 14.1. The number of rotatable bonds is 9. The molecule has 0 radical (unpaired) electrons. The highest BCUT2D eigenvalue weighted by atomic mass is 16.7. The van der Waals surface area contributed by atoms with E-state index in [9.17, 15) is 9.59 Å². The minimum Gasteiger partial charge on any atom is -0.494 e. The number of carbonyl (C=O) groups excluding carboxylic acids is 2. The fourth-order valence-corrected chi connectivity index (χ4v) is 4.64. The van der Waals surface area contributed by atoms with Crippen LogP contribution in [0.1, 0.15) is 44.9 Å². The highest BCUT2D eigenvalue weighted by Gasteiger charge is 2.34. The first-order valence-corrected chi connectivity index (χ1v) is 13.2. The van der Waals surface area contributed by atoms with Crippen LogP contribution in [0.3, 0.4) is 0 Å². The van der Waals surface area contributed by atoms with E-state index in [1.165, 1.54) is 0 Å². The Balaban J connectivity index is 1.55. The zero-order valence-electron chi connectivity index (χ0n) is 23.1. The molecular formula is C30H33N5O5. The van der Waals surface area contributed by atoms with Gasteiger partial charge in [0.1, 0.15) is 23.9 Å². The Morgan fingerprint density at radius 1 is 1.05 bits per heavy atom. The van der Waals surface area contributed by atoms with Crippen molar-refractivity contribution in [3.8, 4) is 17.2 Å². The molecule has 5 rings (SSSR count). The Bertz CT molecular complexity index is 1510. The summed E-state index contributed by atoms with van der Waals surface area (Å²) in [5.74, 6) is 1.34. The van der Waals surface area contributed by atoms with Crippen LogP contribution in [0.5, 0.6) is 17.2 Å². The number of nitrogens with one attached hydrogen (secondary N) is 1. The van der Waals surface area contributed by atoms with E-state index in [-0.39, 0.29) is 31.7 Å². The summed E-state index contributed by atoms with van der Waals surface area (Å²) in [6.07, 6.45) is 0. The van der Waals surface area contributed by atoms with Crippen molar-refractivity contribution in [2.24, 2.45) is 0 Å². The summed E-state index contributed by atoms with van der Waals surface area (Å²) in [7, 11) is 0. The Morgan fingerprint density at radius 2 is 1.80 bits per heavy atom. The Kier molecular flexibility index (Phi) is 7.59. The van der Waals surface area contributed by atoms with E-state index in [2.05, 4.69) is 15.6 Å². The lowest BCUT2D eigenvalue weighted by atomic mass is 10.0. The maximum absolute atomic E-state index is 14.1. The van der Waals surface area contributed by atoms with Gasteiger partial charge in [-0.15, -0.1) is 5.10 Å². The molecular weight excluding hydrogens is 510 g/mol. The van der Waals surface area contributed by atoms with Crippen LogP contribution in [0.2, 0.25) is 0 Å². The average Bonchev–Trinajstić information content (AvgIpc) is 3.55. The summed E-state index contributed by atoms with van der Waals surface area (Å²) in [6.45, 7) is 8.35. The number of benzene rings is 3. The first-order chi connectivity index (χ1) is 19.2. The first-order valence-electron chi connectivity index (χ1n) is 13.2. The van der Waals surface area contributed by atoms with Crippen molar-refractivity contribution in [3.63, 3.8) is 0 Å². The van der Waals surface area contributed by atoms with E-state index in [1.807, 2.05) is 94.4 Å². The standard InChI is InChI=1S/C30H33N5O5/c1-5-38-22-13-11-21(12-14-22)28(29(37)31-30(2,3)4)34(17-20-10-15-25-26(16-20)40-19-39-25)27(36)18-35-24-9-7-6-8-23(24)32-33-35/h6-16,28H,5,17-19H2,1-4H3,(H,31,37). The van der Waals surface area contributed by atoms with Crippen molar-refractivity contribution in [2.45, 2.75) is 52.4 Å². The molecule has 208 valence electrons. The summed E-state index contributed by atoms with van der Waals surface area (Å²) in [5.41, 5.74) is 2.35. The van der Waals surface area contributed by atoms with E-state index in [0.29, 0.717) is 34.9 Å². The fourth-order valence-electron chi connectivity index (χ4n) is 4.64. The summed E-state index contributed by atoms with van der Waals surface area (Å²) >= 11 is 0. The number of hydrogen-bond acceptors (Lipinski definition) is 7. The van der Waals surface area contributed by atoms with Crippen LogP contribution in [0, 0.1) is 0 Å². The molecule has 4 aromatic rings. The second-order valence-electron chi connectivity index (χ2n) is 10.6. The van der Waals surface area contributed by atoms with Crippen LogP contribution in [0.25, 0.3) is 11.0 Å². The van der Waals surface area contributed by atoms with Gasteiger partial charge in [-0.05, 0) is 75.2 Å². The van der Waals surface area contributed by atoms with E-state index in [0.717, 1.165) is 11.1 Å². The molecule has 0 saturated carbocycles. The first kappa shape index (κ1) is 27.0. The third-order valence-electron chi connectivity index (χ3n) is 6.38. The number of carbonyl (C=O) groups is 2. The molecule has 2 amide bonds. The molecule has 1 aliphatic rings. The van der Waals surface area contributed by atoms with E-state index in [1.54, 1.807) is 9.58 Å². The Labute approximate surface area is 232 Å². The van der Waals surface area contributed by atoms with Crippen LogP contribution in [-0.2, 0) is 22.7 Å². The van der Waals surface area contributed by atoms with Crippen molar-refractivity contribution in [3.05, 3.63) is 77.9 Å². The number of fused-ring (bicyclic) bond motifs is 2. The topological polar surface area (TPSA) is 108 Å². The molecule has 0 fully saturated rings. The van der Waals surface area contributed by atoms with Gasteiger partial charge in [0.15, 0.2) is 11.5 Å². The third-order valence-corrected chi connectivity index (χ3v) is 6.38. The Hall–Kier alpha value is -4.60. The fraction of sp³-hybridized carbons (Fsp3) is 0.333. The highest BCUT2D eigenvalue weighted by molar-refractivity contribution is 5.89. The van der Waals surface area contributed by atoms with Crippen molar-refractivity contribution in [2.75, 3.05) is 13.4 Å². The average molecular weight is 544 g/mol. The van der Waals surface area contributed by atoms with E-state index >= 15 is 0 Å². The lowest BCUT2D eigenvalue weighted by molar-refractivity contribution is -0.142. The number of nitrogens with zero attached hydrogens (tertiary/aromatic N) is 4. The van der Waals surface area contributed by atoms with Gasteiger partial charge in [-0.3, -0.25) is 9.59 Å². The lowest BCUT2D eigenvalue weighted by Crippen LogP contribution is -2.49. The van der Waals surface area contributed by atoms with Gasteiger partial charge in [0.25, 0.3) is 0 Å². The molecule has 1 aliphatic heterocycles. The van der Waals surface area contributed by atoms with Gasteiger partial charge < -0.3 is 24.4 Å². The van der Waals surface area contributed by atoms with Crippen LogP contribution in [0.15, 0.2) is 66.7 Å². The van der Waals surface area contributed by atoms with Crippen LogP contribution < -0.4 is 19.5 Å². The quantitative estimate of drug-likeness (QED) is 0.336. The number of para-hydroxylation sites is 1. The SMILES string of the molecule is CCOc1ccc(C(C(=O)NC(C)(C)C)N(Cc2ccc3c(c2)OCO3)C(=O)Cn2nnc3ccccc32)cc1. The number of ether oxygens (including phenoxy) is 3. The molecule has 0 bridgehead atoms. The molecule has 0 spiro atoms. The second-order valence-corrected chi connectivity index (χ2v) is 10.6. The predicted octanol–water partition coefficient (Wildman–Crippen LogP) is 4.24.